The largest absolute Gasteiger partial charge is 0.376 e. The first-order chi connectivity index (χ1) is 9.20. The van der Waals surface area contributed by atoms with Crippen LogP contribution in [0.3, 0.4) is 0 Å². The molecule has 0 aromatic heterocycles. The number of halogens is 2. The molecule has 1 aromatic rings. The van der Waals surface area contributed by atoms with Crippen molar-refractivity contribution in [2.75, 3.05) is 13.2 Å². The smallest absolute Gasteiger partial charge is 0.130 e. The summed E-state index contributed by atoms with van der Waals surface area (Å²) in [6.45, 7) is 1.70. The van der Waals surface area contributed by atoms with Crippen LogP contribution in [0.25, 0.3) is 0 Å². The Morgan fingerprint density at radius 3 is 2.68 bits per heavy atom. The van der Waals surface area contributed by atoms with Gasteiger partial charge in [-0.25, -0.2) is 4.39 Å². The SMILES string of the molecule is NCC1CCCCC1COCc1ccc(Cl)cc1F. The maximum absolute atomic E-state index is 13.6. The first kappa shape index (κ1) is 14.8. The van der Waals surface area contributed by atoms with Gasteiger partial charge in [0.15, 0.2) is 0 Å². The molecule has 1 saturated carbocycles. The molecular formula is C15H21ClFNO. The van der Waals surface area contributed by atoms with Crippen molar-refractivity contribution in [1.82, 2.24) is 0 Å². The summed E-state index contributed by atoms with van der Waals surface area (Å²) >= 11 is 5.72. The van der Waals surface area contributed by atoms with Gasteiger partial charge >= 0.3 is 0 Å². The van der Waals surface area contributed by atoms with Gasteiger partial charge in [-0.1, -0.05) is 30.5 Å². The standard InChI is InChI=1S/C15H21ClFNO/c16-14-6-5-13(15(17)7-14)10-19-9-12-4-2-1-3-11(12)8-18/h5-7,11-12H,1-4,8-10,18H2. The van der Waals surface area contributed by atoms with Crippen LogP contribution < -0.4 is 5.73 Å². The number of benzene rings is 1. The molecular weight excluding hydrogens is 265 g/mol. The number of nitrogens with two attached hydrogens (primary N) is 1. The second-order valence-corrected chi connectivity index (χ2v) is 5.73. The molecule has 19 heavy (non-hydrogen) atoms. The van der Waals surface area contributed by atoms with E-state index in [0.717, 1.165) is 6.54 Å². The van der Waals surface area contributed by atoms with E-state index in [1.807, 2.05) is 0 Å². The summed E-state index contributed by atoms with van der Waals surface area (Å²) in [5.41, 5.74) is 6.35. The lowest BCUT2D eigenvalue weighted by Crippen LogP contribution is -2.29. The summed E-state index contributed by atoms with van der Waals surface area (Å²) < 4.78 is 19.2. The fourth-order valence-corrected chi connectivity index (χ4v) is 2.93. The van der Waals surface area contributed by atoms with Gasteiger partial charge in [0.1, 0.15) is 5.82 Å². The third kappa shape index (κ3) is 4.16. The van der Waals surface area contributed by atoms with Gasteiger partial charge in [-0.2, -0.15) is 0 Å². The average molecular weight is 286 g/mol. The van der Waals surface area contributed by atoms with Crippen molar-refractivity contribution >= 4 is 11.6 Å². The highest BCUT2D eigenvalue weighted by atomic mass is 35.5. The van der Waals surface area contributed by atoms with Crippen molar-refractivity contribution in [3.8, 4) is 0 Å². The van der Waals surface area contributed by atoms with Crippen LogP contribution in [0.15, 0.2) is 18.2 Å². The van der Waals surface area contributed by atoms with Gasteiger partial charge in [-0.3, -0.25) is 0 Å². The van der Waals surface area contributed by atoms with Crippen molar-refractivity contribution < 1.29 is 9.13 Å². The molecule has 0 aliphatic heterocycles. The molecule has 2 nitrogen and oxygen atoms in total. The van der Waals surface area contributed by atoms with Crippen molar-refractivity contribution in [2.24, 2.45) is 17.6 Å². The molecule has 1 aliphatic rings. The highest BCUT2D eigenvalue weighted by molar-refractivity contribution is 6.30. The molecule has 1 aliphatic carbocycles. The Balaban J connectivity index is 1.82. The lowest BCUT2D eigenvalue weighted by molar-refractivity contribution is 0.0499. The second-order valence-electron chi connectivity index (χ2n) is 5.29. The zero-order valence-corrected chi connectivity index (χ0v) is 11.8. The molecule has 2 rings (SSSR count). The minimum atomic E-state index is -0.300. The van der Waals surface area contributed by atoms with E-state index in [4.69, 9.17) is 22.1 Å². The minimum absolute atomic E-state index is 0.300. The molecule has 106 valence electrons. The average Bonchev–Trinajstić information content (AvgIpc) is 2.42. The van der Waals surface area contributed by atoms with E-state index in [2.05, 4.69) is 0 Å². The third-order valence-corrected chi connectivity index (χ3v) is 4.21. The van der Waals surface area contributed by atoms with Crippen molar-refractivity contribution in [1.29, 1.82) is 0 Å². The van der Waals surface area contributed by atoms with Gasteiger partial charge < -0.3 is 10.5 Å². The summed E-state index contributed by atoms with van der Waals surface area (Å²) in [5, 5.41) is 0.414. The lowest BCUT2D eigenvalue weighted by atomic mass is 9.80. The number of rotatable bonds is 5. The van der Waals surface area contributed by atoms with Crippen molar-refractivity contribution in [3.05, 3.63) is 34.6 Å². The predicted octanol–water partition coefficient (Wildman–Crippen LogP) is 3.76. The van der Waals surface area contributed by atoms with E-state index in [1.54, 1.807) is 12.1 Å². The van der Waals surface area contributed by atoms with Crippen molar-refractivity contribution in [2.45, 2.75) is 32.3 Å². The fraction of sp³-hybridized carbons (Fsp3) is 0.600. The lowest BCUT2D eigenvalue weighted by Gasteiger charge is -2.30. The summed E-state index contributed by atoms with van der Waals surface area (Å²) in [4.78, 5) is 0. The molecule has 0 heterocycles. The molecule has 0 amide bonds. The highest BCUT2D eigenvalue weighted by Crippen LogP contribution is 2.29. The number of hydrogen-bond acceptors (Lipinski definition) is 2. The van der Waals surface area contributed by atoms with E-state index in [1.165, 1.54) is 31.7 Å². The fourth-order valence-electron chi connectivity index (χ4n) is 2.77. The summed E-state index contributed by atoms with van der Waals surface area (Å²) in [6, 6.07) is 4.69. The van der Waals surface area contributed by atoms with Gasteiger partial charge in [0.05, 0.1) is 13.2 Å². The first-order valence-electron chi connectivity index (χ1n) is 6.92. The molecule has 4 heteroatoms. The highest BCUT2D eigenvalue weighted by Gasteiger charge is 2.23. The van der Waals surface area contributed by atoms with Crippen molar-refractivity contribution in [3.63, 3.8) is 0 Å². The molecule has 2 N–H and O–H groups in total. The molecule has 2 atom stereocenters. The van der Waals surface area contributed by atoms with E-state index >= 15 is 0 Å². The maximum Gasteiger partial charge on any atom is 0.130 e. The van der Waals surface area contributed by atoms with Crippen LogP contribution in [-0.2, 0) is 11.3 Å². The quantitative estimate of drug-likeness (QED) is 0.894. The summed E-state index contributed by atoms with van der Waals surface area (Å²) in [6.07, 6.45) is 4.88. The molecule has 0 saturated heterocycles. The van der Waals surface area contributed by atoms with Crippen LogP contribution in [0.1, 0.15) is 31.2 Å². The molecule has 0 spiro atoms. The van der Waals surface area contributed by atoms with Gasteiger partial charge in [0, 0.05) is 10.6 Å². The second kappa shape index (κ2) is 7.22. The van der Waals surface area contributed by atoms with Crippen LogP contribution >= 0.6 is 11.6 Å². The predicted molar refractivity (Wildman–Crippen MR) is 75.6 cm³/mol. The molecule has 0 bridgehead atoms. The summed E-state index contributed by atoms with van der Waals surface area (Å²) in [5.74, 6) is 0.782. The monoisotopic (exact) mass is 285 g/mol. The molecule has 1 fully saturated rings. The Labute approximate surface area is 119 Å². The molecule has 1 aromatic carbocycles. The van der Waals surface area contributed by atoms with Crippen LogP contribution in [-0.4, -0.2) is 13.2 Å². The minimum Gasteiger partial charge on any atom is -0.376 e. The van der Waals surface area contributed by atoms with Gasteiger partial charge in [0.25, 0.3) is 0 Å². The van der Waals surface area contributed by atoms with Crippen LogP contribution in [0, 0.1) is 17.7 Å². The van der Waals surface area contributed by atoms with Gasteiger partial charge in [-0.05, 0) is 43.4 Å². The Morgan fingerprint density at radius 1 is 1.26 bits per heavy atom. The van der Waals surface area contributed by atoms with E-state index < -0.39 is 0 Å². The van der Waals surface area contributed by atoms with Gasteiger partial charge in [0.2, 0.25) is 0 Å². The summed E-state index contributed by atoms with van der Waals surface area (Å²) in [7, 11) is 0. The van der Waals surface area contributed by atoms with Gasteiger partial charge in [-0.15, -0.1) is 0 Å². The zero-order chi connectivity index (χ0) is 13.7. The Kier molecular flexibility index (Phi) is 5.61. The number of ether oxygens (including phenoxy) is 1. The Bertz CT molecular complexity index is 413. The van der Waals surface area contributed by atoms with Crippen LogP contribution in [0.4, 0.5) is 4.39 Å². The Hall–Kier alpha value is -0.640. The van der Waals surface area contributed by atoms with E-state index in [-0.39, 0.29) is 5.82 Å². The molecule has 2 unspecified atom stereocenters. The molecule has 0 radical (unpaired) electrons. The maximum atomic E-state index is 13.6. The first-order valence-corrected chi connectivity index (χ1v) is 7.30. The zero-order valence-electron chi connectivity index (χ0n) is 11.1. The number of hydrogen-bond donors (Lipinski definition) is 1. The van der Waals surface area contributed by atoms with Crippen LogP contribution in [0.2, 0.25) is 5.02 Å². The van der Waals surface area contributed by atoms with E-state index in [0.29, 0.717) is 35.6 Å². The topological polar surface area (TPSA) is 35.2 Å². The van der Waals surface area contributed by atoms with Crippen LogP contribution in [0.5, 0.6) is 0 Å². The van der Waals surface area contributed by atoms with E-state index in [9.17, 15) is 4.39 Å². The third-order valence-electron chi connectivity index (χ3n) is 3.97. The normalized spacial score (nSPS) is 23.5. The Morgan fingerprint density at radius 2 is 2.00 bits per heavy atom.